The second-order valence-electron chi connectivity index (χ2n) is 7.73. The fourth-order valence-corrected chi connectivity index (χ4v) is 2.48. The number of likely N-dealkylation sites (N-methyl/N-ethyl adjacent to an activating group) is 1. The SMILES string of the molecule is CC.CN(C1=CCCC=C1)c1cccc(CCNCCCO)c1.CSC(C)(C)C.[HH]. The molecule has 1 aromatic rings. The summed E-state index contributed by atoms with van der Waals surface area (Å²) < 4.78 is 0.458. The highest BCUT2D eigenvalue weighted by atomic mass is 32.2. The minimum Gasteiger partial charge on any atom is -0.396 e. The van der Waals surface area contributed by atoms with Crippen LogP contribution in [-0.2, 0) is 6.42 Å². The van der Waals surface area contributed by atoms with Gasteiger partial charge in [-0.15, -0.1) is 0 Å². The number of anilines is 1. The number of allylic oxidation sites excluding steroid dienone is 3. The van der Waals surface area contributed by atoms with E-state index in [0.29, 0.717) is 4.75 Å². The van der Waals surface area contributed by atoms with E-state index in [1.165, 1.54) is 16.9 Å². The lowest BCUT2D eigenvalue weighted by molar-refractivity contribution is 0.286. The lowest BCUT2D eigenvalue weighted by Crippen LogP contribution is -2.19. The number of hydrogen-bond donors (Lipinski definition) is 2. The molecule has 0 heterocycles. The number of thioether (sulfide) groups is 1. The quantitative estimate of drug-likeness (QED) is 0.482. The molecular weight excluding hydrogens is 376 g/mol. The Morgan fingerprint density at radius 1 is 1.17 bits per heavy atom. The van der Waals surface area contributed by atoms with Crippen molar-refractivity contribution < 1.29 is 6.53 Å². The van der Waals surface area contributed by atoms with E-state index in [1.807, 2.05) is 25.6 Å². The van der Waals surface area contributed by atoms with Crippen molar-refractivity contribution in [2.75, 3.05) is 37.9 Å². The van der Waals surface area contributed by atoms with Gasteiger partial charge in [-0.3, -0.25) is 0 Å². The predicted octanol–water partition coefficient (Wildman–Crippen LogP) is 6.29. The molecule has 0 spiro atoms. The number of hydrogen-bond acceptors (Lipinski definition) is 4. The van der Waals surface area contributed by atoms with Crippen LogP contribution in [0.3, 0.4) is 0 Å². The van der Waals surface area contributed by atoms with E-state index in [0.717, 1.165) is 38.8 Å². The lowest BCUT2D eigenvalue weighted by atomic mass is 10.1. The highest BCUT2D eigenvalue weighted by Crippen LogP contribution is 2.22. The average molecular weight is 423 g/mol. The van der Waals surface area contributed by atoms with E-state index in [9.17, 15) is 0 Å². The fraction of sp³-hybridized carbons (Fsp3) is 0.600. The van der Waals surface area contributed by atoms with E-state index in [2.05, 4.69) is 86.8 Å². The Morgan fingerprint density at radius 3 is 2.41 bits per heavy atom. The Morgan fingerprint density at radius 2 is 1.86 bits per heavy atom. The molecule has 4 heteroatoms. The molecule has 0 radical (unpaired) electrons. The maximum atomic E-state index is 8.75. The fourth-order valence-electron chi connectivity index (χ4n) is 2.48. The second-order valence-corrected chi connectivity index (χ2v) is 9.36. The third-order valence-electron chi connectivity index (χ3n) is 4.38. The summed E-state index contributed by atoms with van der Waals surface area (Å²) in [5.74, 6) is 0. The summed E-state index contributed by atoms with van der Waals surface area (Å²) in [6.45, 7) is 12.7. The van der Waals surface area contributed by atoms with Crippen LogP contribution in [0.1, 0.15) is 60.9 Å². The van der Waals surface area contributed by atoms with Crippen LogP contribution in [-0.4, -0.2) is 42.9 Å². The number of aliphatic hydroxyl groups excluding tert-OH is 1. The zero-order valence-corrected chi connectivity index (χ0v) is 20.6. The minimum absolute atomic E-state index is 0. The Balaban J connectivity index is 0. The first-order chi connectivity index (χ1) is 13.9. The van der Waals surface area contributed by atoms with Gasteiger partial charge in [-0.05, 0) is 68.8 Å². The van der Waals surface area contributed by atoms with Crippen molar-refractivity contribution in [3.05, 3.63) is 53.8 Å². The summed E-state index contributed by atoms with van der Waals surface area (Å²) in [6, 6.07) is 8.72. The Labute approximate surface area is 186 Å². The van der Waals surface area contributed by atoms with Crippen molar-refractivity contribution in [2.45, 2.75) is 65.0 Å². The van der Waals surface area contributed by atoms with Gasteiger partial charge in [0.2, 0.25) is 0 Å². The molecule has 0 aromatic heterocycles. The predicted molar refractivity (Wildman–Crippen MR) is 136 cm³/mol. The number of nitrogens with one attached hydrogen (secondary N) is 1. The van der Waals surface area contributed by atoms with Gasteiger partial charge in [0.15, 0.2) is 0 Å². The summed E-state index contributed by atoms with van der Waals surface area (Å²) in [5, 5.41) is 12.1. The first-order valence-electron chi connectivity index (χ1n) is 10.9. The zero-order valence-electron chi connectivity index (χ0n) is 19.8. The van der Waals surface area contributed by atoms with Crippen LogP contribution in [0.5, 0.6) is 0 Å². The summed E-state index contributed by atoms with van der Waals surface area (Å²) in [5.41, 5.74) is 3.86. The third-order valence-corrected chi connectivity index (χ3v) is 5.60. The van der Waals surface area contributed by atoms with Gasteiger partial charge < -0.3 is 15.3 Å². The minimum atomic E-state index is 0. The van der Waals surface area contributed by atoms with E-state index in [1.54, 1.807) is 0 Å². The van der Waals surface area contributed by atoms with Crippen molar-refractivity contribution in [3.63, 3.8) is 0 Å². The Kier molecular flexibility index (Phi) is 15.9. The van der Waals surface area contributed by atoms with Crippen LogP contribution in [0.15, 0.2) is 48.2 Å². The first-order valence-corrected chi connectivity index (χ1v) is 12.2. The molecule has 3 nitrogen and oxygen atoms in total. The highest BCUT2D eigenvalue weighted by Gasteiger charge is 2.07. The molecule has 0 bridgehead atoms. The maximum Gasteiger partial charge on any atom is 0.0443 e. The molecule has 1 aliphatic rings. The second kappa shape index (κ2) is 16.6. The third kappa shape index (κ3) is 13.6. The maximum absolute atomic E-state index is 8.75. The van der Waals surface area contributed by atoms with Gasteiger partial charge in [-0.2, -0.15) is 11.8 Å². The van der Waals surface area contributed by atoms with Crippen LogP contribution < -0.4 is 10.2 Å². The molecule has 0 saturated carbocycles. The van der Waals surface area contributed by atoms with E-state index < -0.39 is 0 Å². The molecule has 29 heavy (non-hydrogen) atoms. The Hall–Kier alpha value is -1.23. The molecule has 0 unspecified atom stereocenters. The number of nitrogens with zero attached hydrogens (tertiary/aromatic N) is 1. The molecule has 2 rings (SSSR count). The van der Waals surface area contributed by atoms with Crippen molar-refractivity contribution in [2.24, 2.45) is 0 Å². The van der Waals surface area contributed by atoms with Crippen molar-refractivity contribution in [1.29, 1.82) is 0 Å². The normalized spacial score (nSPS) is 12.9. The van der Waals surface area contributed by atoms with E-state index in [4.69, 9.17) is 5.11 Å². The highest BCUT2D eigenvalue weighted by molar-refractivity contribution is 7.99. The van der Waals surface area contributed by atoms with Gasteiger partial charge in [0, 0.05) is 31.2 Å². The molecule has 0 amide bonds. The number of aliphatic hydroxyl groups is 1. The van der Waals surface area contributed by atoms with Gasteiger partial charge in [-0.1, -0.05) is 58.9 Å². The summed E-state index contributed by atoms with van der Waals surface area (Å²) in [4.78, 5) is 2.25. The standard InChI is InChI=1S/C18H26N2O.C5H12S.C2H6.H2/c1-20(17-8-3-2-4-9-17)18-10-5-7-16(15-18)11-13-19-12-6-14-21;1-5(2,3)6-4;1-2;/h3,5,7-10,15,19,21H,2,4,6,11-14H2,1H3;1-4H3;1-2H3;1H. The molecule has 1 aliphatic carbocycles. The molecule has 168 valence electrons. The molecule has 0 aliphatic heterocycles. The number of benzene rings is 1. The molecule has 2 N–H and O–H groups in total. The molecular formula is C25H46N2OS. The number of rotatable bonds is 8. The molecule has 0 saturated heterocycles. The monoisotopic (exact) mass is 422 g/mol. The molecule has 0 fully saturated rings. The van der Waals surface area contributed by atoms with Crippen LogP contribution in [0.4, 0.5) is 5.69 Å². The van der Waals surface area contributed by atoms with Crippen LogP contribution >= 0.6 is 11.8 Å². The molecule has 1 aromatic carbocycles. The molecule has 0 atom stereocenters. The van der Waals surface area contributed by atoms with Crippen molar-refractivity contribution >= 4 is 17.4 Å². The van der Waals surface area contributed by atoms with Gasteiger partial charge in [-0.25, -0.2) is 0 Å². The average Bonchev–Trinajstić information content (AvgIpc) is 2.75. The summed E-state index contributed by atoms with van der Waals surface area (Å²) in [7, 11) is 2.13. The Bertz CT molecular complexity index is 597. The lowest BCUT2D eigenvalue weighted by Gasteiger charge is -2.23. The summed E-state index contributed by atoms with van der Waals surface area (Å²) >= 11 is 1.88. The van der Waals surface area contributed by atoms with Gasteiger partial charge in [0.05, 0.1) is 0 Å². The smallest absolute Gasteiger partial charge is 0.0443 e. The van der Waals surface area contributed by atoms with Crippen molar-refractivity contribution in [1.82, 2.24) is 5.32 Å². The van der Waals surface area contributed by atoms with Gasteiger partial charge in [0.25, 0.3) is 0 Å². The van der Waals surface area contributed by atoms with E-state index in [-0.39, 0.29) is 8.03 Å². The zero-order chi connectivity index (χ0) is 22.1. The van der Waals surface area contributed by atoms with Crippen molar-refractivity contribution in [3.8, 4) is 0 Å². The summed E-state index contributed by atoms with van der Waals surface area (Å²) in [6.07, 6.45) is 13.0. The first kappa shape index (κ1) is 27.8. The topological polar surface area (TPSA) is 35.5 Å². The van der Waals surface area contributed by atoms with E-state index >= 15 is 0 Å². The van der Waals surface area contributed by atoms with Gasteiger partial charge in [0.1, 0.15) is 0 Å². The largest absolute Gasteiger partial charge is 0.396 e. The van der Waals surface area contributed by atoms with Crippen LogP contribution in [0, 0.1) is 0 Å². The van der Waals surface area contributed by atoms with Crippen LogP contribution in [0.25, 0.3) is 0 Å². The van der Waals surface area contributed by atoms with Crippen LogP contribution in [0.2, 0.25) is 0 Å². The van der Waals surface area contributed by atoms with Gasteiger partial charge >= 0.3 is 0 Å².